The van der Waals surface area contributed by atoms with Crippen molar-refractivity contribution in [1.82, 2.24) is 4.57 Å². The summed E-state index contributed by atoms with van der Waals surface area (Å²) >= 11 is 0. The number of para-hydroxylation sites is 1. The van der Waals surface area contributed by atoms with Gasteiger partial charge in [0.15, 0.2) is 0 Å². The van der Waals surface area contributed by atoms with Gasteiger partial charge < -0.3 is 9.47 Å². The summed E-state index contributed by atoms with van der Waals surface area (Å²) in [5.41, 5.74) is 24.0. The Bertz CT molecular complexity index is 3550. The molecule has 1 heterocycles. The van der Waals surface area contributed by atoms with Crippen LogP contribution in [-0.2, 0) is 5.41 Å². The minimum absolute atomic E-state index is 0.407. The first-order valence-corrected chi connectivity index (χ1v) is 22.2. The van der Waals surface area contributed by atoms with E-state index in [4.69, 9.17) is 0 Å². The van der Waals surface area contributed by atoms with Crippen LogP contribution in [0.4, 0.5) is 17.1 Å². The monoisotopic (exact) mass is 800 g/mol. The molecule has 9 aromatic carbocycles. The molecule has 4 aliphatic rings. The standard InChI is InChI=1S/C61H40N2/c1-3-17-42(18-4-1)62(45-34-35-49-48-23-9-12-28-55(48)61(56(49)38-45)53-26-10-7-21-46(53)47-22-8-11-27-54(47)61)44-32-29-39(30-33-44)41-31-36-57-52(37-41)59-50-24-13-15-40-16-14-25-51(58(40)50)60(59)63(57)43-19-5-2-6-20-43/h1-5,7-19,21-38H,6,20H2. The van der Waals surface area contributed by atoms with Crippen LogP contribution in [0.5, 0.6) is 0 Å². The molecule has 1 spiro atoms. The van der Waals surface area contributed by atoms with Gasteiger partial charge in [-0.3, -0.25) is 0 Å². The molecule has 10 aromatic rings. The van der Waals surface area contributed by atoms with Crippen molar-refractivity contribution < 1.29 is 0 Å². The fourth-order valence-corrected chi connectivity index (χ4v) is 11.9. The average Bonchev–Trinajstić information content (AvgIpc) is 4.05. The van der Waals surface area contributed by atoms with Crippen molar-refractivity contribution in [3.63, 3.8) is 0 Å². The van der Waals surface area contributed by atoms with E-state index in [1.807, 2.05) is 0 Å². The van der Waals surface area contributed by atoms with Crippen molar-refractivity contribution in [2.75, 3.05) is 4.90 Å². The fraction of sp³-hybridized carbons (Fsp3) is 0.0492. The molecule has 2 nitrogen and oxygen atoms in total. The molecule has 63 heavy (non-hydrogen) atoms. The van der Waals surface area contributed by atoms with Gasteiger partial charge in [0.05, 0.1) is 16.6 Å². The van der Waals surface area contributed by atoms with Crippen LogP contribution in [0.3, 0.4) is 0 Å². The van der Waals surface area contributed by atoms with Gasteiger partial charge in [0.1, 0.15) is 0 Å². The van der Waals surface area contributed by atoms with Crippen LogP contribution in [0.25, 0.3) is 83.1 Å². The minimum atomic E-state index is -0.407. The van der Waals surface area contributed by atoms with Gasteiger partial charge in [0.25, 0.3) is 0 Å². The first-order chi connectivity index (χ1) is 31.3. The van der Waals surface area contributed by atoms with Gasteiger partial charge in [-0.15, -0.1) is 0 Å². The van der Waals surface area contributed by atoms with Gasteiger partial charge in [0, 0.05) is 39.3 Å². The smallest absolute Gasteiger partial charge is 0.0726 e. The molecule has 0 amide bonds. The minimum Gasteiger partial charge on any atom is -0.312 e. The third-order valence-electron chi connectivity index (χ3n) is 14.4. The van der Waals surface area contributed by atoms with Crippen molar-refractivity contribution in [3.8, 4) is 55.8 Å². The van der Waals surface area contributed by atoms with E-state index < -0.39 is 5.41 Å². The van der Waals surface area contributed by atoms with Crippen molar-refractivity contribution >= 4 is 44.4 Å². The molecule has 0 radical (unpaired) electrons. The highest BCUT2D eigenvalue weighted by Gasteiger charge is 2.51. The summed E-state index contributed by atoms with van der Waals surface area (Å²) in [6.07, 6.45) is 8.89. The van der Waals surface area contributed by atoms with Crippen LogP contribution >= 0.6 is 0 Å². The quantitative estimate of drug-likeness (QED) is 0.168. The summed E-state index contributed by atoms with van der Waals surface area (Å²) in [7, 11) is 0. The molecule has 294 valence electrons. The molecule has 0 saturated heterocycles. The molecule has 1 aromatic heterocycles. The Morgan fingerprint density at radius 2 is 1.03 bits per heavy atom. The Kier molecular flexibility index (Phi) is 7.19. The molecule has 0 aliphatic heterocycles. The Balaban J connectivity index is 0.918. The van der Waals surface area contributed by atoms with E-state index in [1.165, 1.54) is 105 Å². The number of allylic oxidation sites excluding steroid dienone is 4. The highest BCUT2D eigenvalue weighted by molar-refractivity contribution is 6.22. The molecule has 0 atom stereocenters. The van der Waals surface area contributed by atoms with Gasteiger partial charge in [-0.2, -0.15) is 0 Å². The zero-order valence-electron chi connectivity index (χ0n) is 34.6. The van der Waals surface area contributed by atoms with E-state index >= 15 is 0 Å². The van der Waals surface area contributed by atoms with Crippen molar-refractivity contribution in [1.29, 1.82) is 0 Å². The zero-order valence-corrected chi connectivity index (χ0v) is 34.6. The third kappa shape index (κ3) is 4.67. The molecule has 0 unspecified atom stereocenters. The summed E-state index contributed by atoms with van der Waals surface area (Å²) in [4.78, 5) is 2.42. The molecule has 0 N–H and O–H groups in total. The zero-order chi connectivity index (χ0) is 41.2. The number of anilines is 3. The van der Waals surface area contributed by atoms with Gasteiger partial charge in [-0.05, 0) is 139 Å². The largest absolute Gasteiger partial charge is 0.312 e. The lowest BCUT2D eigenvalue weighted by Gasteiger charge is -2.32. The van der Waals surface area contributed by atoms with Gasteiger partial charge >= 0.3 is 0 Å². The summed E-state index contributed by atoms with van der Waals surface area (Å²) in [5.74, 6) is 0. The van der Waals surface area contributed by atoms with Crippen molar-refractivity contribution in [3.05, 3.63) is 241 Å². The molecular formula is C61H40N2. The van der Waals surface area contributed by atoms with E-state index in [0.29, 0.717) is 0 Å². The maximum atomic E-state index is 2.55. The molecule has 0 fully saturated rings. The molecule has 0 saturated carbocycles. The van der Waals surface area contributed by atoms with Gasteiger partial charge in [-0.1, -0.05) is 164 Å². The van der Waals surface area contributed by atoms with E-state index in [2.05, 4.69) is 228 Å². The first kappa shape index (κ1) is 34.7. The van der Waals surface area contributed by atoms with Crippen LogP contribution in [0.15, 0.2) is 218 Å². The lowest BCUT2D eigenvalue weighted by atomic mass is 9.70. The molecule has 0 bridgehead atoms. The number of fused-ring (bicyclic) bond motifs is 15. The normalized spacial score (nSPS) is 14.4. The van der Waals surface area contributed by atoms with Crippen molar-refractivity contribution in [2.24, 2.45) is 0 Å². The Labute approximate surface area is 367 Å². The predicted molar refractivity (Wildman–Crippen MR) is 263 cm³/mol. The average molecular weight is 801 g/mol. The lowest BCUT2D eigenvalue weighted by molar-refractivity contribution is 0.793. The van der Waals surface area contributed by atoms with E-state index in [-0.39, 0.29) is 0 Å². The maximum absolute atomic E-state index is 2.55. The Morgan fingerprint density at radius 1 is 0.444 bits per heavy atom. The van der Waals surface area contributed by atoms with Crippen LogP contribution in [0.2, 0.25) is 0 Å². The second-order valence-corrected chi connectivity index (χ2v) is 17.5. The third-order valence-corrected chi connectivity index (χ3v) is 14.4. The Hall–Kier alpha value is -7.94. The van der Waals surface area contributed by atoms with Gasteiger partial charge in [-0.25, -0.2) is 0 Å². The molecule has 4 aliphatic carbocycles. The second-order valence-electron chi connectivity index (χ2n) is 17.5. The van der Waals surface area contributed by atoms with Gasteiger partial charge in [0.2, 0.25) is 0 Å². The number of rotatable bonds is 5. The van der Waals surface area contributed by atoms with Crippen LogP contribution in [0, 0.1) is 0 Å². The van der Waals surface area contributed by atoms with Crippen LogP contribution in [-0.4, -0.2) is 4.57 Å². The number of nitrogens with zero attached hydrogens (tertiary/aromatic N) is 2. The van der Waals surface area contributed by atoms with E-state index in [1.54, 1.807) is 0 Å². The summed E-state index contributed by atoms with van der Waals surface area (Å²) in [5, 5.41) is 3.97. The number of hydrogen-bond donors (Lipinski definition) is 0. The number of hydrogen-bond acceptors (Lipinski definition) is 1. The highest BCUT2D eigenvalue weighted by Crippen LogP contribution is 2.63. The number of benzene rings is 9. The predicted octanol–water partition coefficient (Wildman–Crippen LogP) is 16.1. The summed E-state index contributed by atoms with van der Waals surface area (Å²) < 4.78 is 2.55. The summed E-state index contributed by atoms with van der Waals surface area (Å²) in [6.45, 7) is 0. The second kappa shape index (κ2) is 13.0. The summed E-state index contributed by atoms with van der Waals surface area (Å²) in [6, 6.07) is 75.0. The maximum Gasteiger partial charge on any atom is 0.0726 e. The van der Waals surface area contributed by atoms with E-state index in [9.17, 15) is 0 Å². The SMILES string of the molecule is C1=CCCC(n2c3c(c4cc(-c5ccc(N(c6ccccc6)c6ccc7c(c6)C6(c8ccccc8-c8ccccc86)c6ccccc6-7)cc5)ccc42)-c2cccc4cccc-3c24)=C1. The topological polar surface area (TPSA) is 8.17 Å². The highest BCUT2D eigenvalue weighted by atomic mass is 15.1. The molecule has 14 rings (SSSR count). The van der Waals surface area contributed by atoms with Crippen LogP contribution in [0.1, 0.15) is 35.1 Å². The number of aromatic nitrogens is 1. The molecule has 2 heteroatoms. The van der Waals surface area contributed by atoms with E-state index in [0.717, 1.165) is 29.9 Å². The lowest BCUT2D eigenvalue weighted by Crippen LogP contribution is -2.26. The Morgan fingerprint density at radius 3 is 1.71 bits per heavy atom. The van der Waals surface area contributed by atoms with Crippen LogP contribution < -0.4 is 4.90 Å². The van der Waals surface area contributed by atoms with Crippen molar-refractivity contribution in [2.45, 2.75) is 18.3 Å². The first-order valence-electron chi connectivity index (χ1n) is 22.2. The fourth-order valence-electron chi connectivity index (χ4n) is 11.9. The molecular weight excluding hydrogens is 761 g/mol.